The van der Waals surface area contributed by atoms with Gasteiger partial charge in [-0.25, -0.2) is 0 Å². The lowest BCUT2D eigenvalue weighted by Gasteiger charge is -2.06. The lowest BCUT2D eigenvalue weighted by molar-refractivity contribution is 0.203. The Morgan fingerprint density at radius 2 is 2.40 bits per heavy atom. The zero-order valence-electron chi connectivity index (χ0n) is 6.43. The monoisotopic (exact) mass is 138 g/mol. The predicted octanol–water partition coefficient (Wildman–Crippen LogP) is 2.04. The highest BCUT2D eigenvalue weighted by atomic mass is 16.3. The van der Waals surface area contributed by atoms with Crippen LogP contribution in [0.1, 0.15) is 19.8 Å². The lowest BCUT2D eigenvalue weighted by atomic mass is 10.1. The molecule has 1 atom stereocenters. The Morgan fingerprint density at radius 1 is 1.80 bits per heavy atom. The summed E-state index contributed by atoms with van der Waals surface area (Å²) >= 11 is 0. The third-order valence-electron chi connectivity index (χ3n) is 1.35. The molecule has 0 bridgehead atoms. The fraction of sp³-hybridized carbons (Fsp3) is 0.444. The van der Waals surface area contributed by atoms with Gasteiger partial charge in [-0.05, 0) is 6.42 Å². The smallest absolute Gasteiger partial charge is 0.0861 e. The molecule has 1 unspecified atom stereocenters. The van der Waals surface area contributed by atoms with Gasteiger partial charge in [0.2, 0.25) is 0 Å². The van der Waals surface area contributed by atoms with Crippen LogP contribution >= 0.6 is 0 Å². The summed E-state index contributed by atoms with van der Waals surface area (Å²) in [6, 6.07) is 0. The van der Waals surface area contributed by atoms with Gasteiger partial charge in [0.15, 0.2) is 0 Å². The first-order valence-electron chi connectivity index (χ1n) is 3.46. The van der Waals surface area contributed by atoms with E-state index < -0.39 is 6.10 Å². The zero-order chi connectivity index (χ0) is 7.98. The van der Waals surface area contributed by atoms with Gasteiger partial charge in [-0.15, -0.1) is 5.73 Å². The largest absolute Gasteiger partial charge is 0.388 e. The number of hydrogen-bond acceptors (Lipinski definition) is 1. The molecule has 0 saturated carbocycles. The van der Waals surface area contributed by atoms with Gasteiger partial charge in [0.05, 0.1) is 6.10 Å². The fourth-order valence-corrected chi connectivity index (χ4v) is 0.755. The topological polar surface area (TPSA) is 20.2 Å². The van der Waals surface area contributed by atoms with Crippen molar-refractivity contribution in [3.05, 3.63) is 30.5 Å². The highest BCUT2D eigenvalue weighted by Gasteiger charge is 2.03. The van der Waals surface area contributed by atoms with E-state index in [1.807, 2.05) is 6.92 Å². The van der Waals surface area contributed by atoms with E-state index in [1.54, 1.807) is 6.08 Å². The number of rotatable bonds is 4. The highest BCUT2D eigenvalue weighted by molar-refractivity contribution is 5.18. The van der Waals surface area contributed by atoms with Crippen LogP contribution in [0.15, 0.2) is 30.5 Å². The molecule has 1 heteroatoms. The maximum Gasteiger partial charge on any atom is 0.0861 e. The van der Waals surface area contributed by atoms with Crippen LogP contribution in [0.2, 0.25) is 0 Å². The van der Waals surface area contributed by atoms with Gasteiger partial charge >= 0.3 is 0 Å². The molecule has 0 radical (unpaired) electrons. The molecule has 0 aromatic heterocycles. The fourth-order valence-electron chi connectivity index (χ4n) is 0.755. The van der Waals surface area contributed by atoms with Crippen molar-refractivity contribution in [2.45, 2.75) is 25.9 Å². The van der Waals surface area contributed by atoms with Crippen molar-refractivity contribution in [3.8, 4) is 0 Å². The first kappa shape index (κ1) is 9.22. The average Bonchev–Trinajstić information content (AvgIpc) is 1.91. The Morgan fingerprint density at radius 3 is 2.70 bits per heavy atom. The van der Waals surface area contributed by atoms with Crippen LogP contribution in [0.4, 0.5) is 0 Å². The van der Waals surface area contributed by atoms with Crippen LogP contribution in [-0.2, 0) is 0 Å². The Balaban J connectivity index is 4.02. The SMILES string of the molecule is C=C=C(C=C)C(O)CCC. The molecule has 0 amide bonds. The van der Waals surface area contributed by atoms with E-state index in [-0.39, 0.29) is 0 Å². The molecule has 0 spiro atoms. The van der Waals surface area contributed by atoms with E-state index in [0.717, 1.165) is 12.8 Å². The summed E-state index contributed by atoms with van der Waals surface area (Å²) in [5.74, 6) is 0. The van der Waals surface area contributed by atoms with Crippen molar-refractivity contribution >= 4 is 0 Å². The molecule has 0 rings (SSSR count). The van der Waals surface area contributed by atoms with Gasteiger partial charge in [0.25, 0.3) is 0 Å². The number of aliphatic hydroxyl groups excluding tert-OH is 1. The van der Waals surface area contributed by atoms with Crippen molar-refractivity contribution in [1.29, 1.82) is 0 Å². The molecule has 0 aliphatic heterocycles. The van der Waals surface area contributed by atoms with Gasteiger partial charge < -0.3 is 5.11 Å². The summed E-state index contributed by atoms with van der Waals surface area (Å²) in [5.41, 5.74) is 3.33. The van der Waals surface area contributed by atoms with Crippen LogP contribution in [0, 0.1) is 0 Å². The molecule has 1 N–H and O–H groups in total. The van der Waals surface area contributed by atoms with Crippen molar-refractivity contribution in [2.75, 3.05) is 0 Å². The van der Waals surface area contributed by atoms with E-state index in [2.05, 4.69) is 18.9 Å². The maximum atomic E-state index is 9.30. The molecule has 10 heavy (non-hydrogen) atoms. The summed E-state index contributed by atoms with van der Waals surface area (Å²) in [5, 5.41) is 9.30. The molecule has 0 saturated heterocycles. The van der Waals surface area contributed by atoms with Crippen molar-refractivity contribution in [1.82, 2.24) is 0 Å². The molecule has 0 aromatic carbocycles. The van der Waals surface area contributed by atoms with Gasteiger partial charge in [0.1, 0.15) is 0 Å². The Labute approximate surface area is 62.4 Å². The van der Waals surface area contributed by atoms with E-state index in [9.17, 15) is 5.11 Å². The average molecular weight is 138 g/mol. The molecule has 0 heterocycles. The van der Waals surface area contributed by atoms with Crippen LogP contribution in [0.25, 0.3) is 0 Å². The van der Waals surface area contributed by atoms with Crippen molar-refractivity contribution < 1.29 is 5.11 Å². The van der Waals surface area contributed by atoms with Crippen molar-refractivity contribution in [3.63, 3.8) is 0 Å². The van der Waals surface area contributed by atoms with E-state index in [1.165, 1.54) is 0 Å². The second kappa shape index (κ2) is 5.04. The normalized spacial score (nSPS) is 11.8. The maximum absolute atomic E-state index is 9.30. The lowest BCUT2D eigenvalue weighted by Crippen LogP contribution is -2.06. The zero-order valence-corrected chi connectivity index (χ0v) is 6.43. The summed E-state index contributed by atoms with van der Waals surface area (Å²) in [6.07, 6.45) is 2.87. The number of hydrogen-bond donors (Lipinski definition) is 1. The van der Waals surface area contributed by atoms with Gasteiger partial charge in [-0.3, -0.25) is 0 Å². The molecular weight excluding hydrogens is 124 g/mol. The Kier molecular flexibility index (Phi) is 4.65. The first-order valence-corrected chi connectivity index (χ1v) is 3.46. The summed E-state index contributed by atoms with van der Waals surface area (Å²) in [7, 11) is 0. The summed E-state index contributed by atoms with van der Waals surface area (Å²) in [4.78, 5) is 0. The Hall–Kier alpha value is -0.780. The second-order valence-electron chi connectivity index (χ2n) is 2.14. The number of aliphatic hydroxyl groups is 1. The van der Waals surface area contributed by atoms with E-state index >= 15 is 0 Å². The quantitative estimate of drug-likeness (QED) is 0.465. The van der Waals surface area contributed by atoms with Crippen LogP contribution in [0.3, 0.4) is 0 Å². The molecule has 0 fully saturated rings. The molecule has 0 aromatic rings. The van der Waals surface area contributed by atoms with E-state index in [0.29, 0.717) is 5.57 Å². The molecule has 0 aliphatic rings. The van der Waals surface area contributed by atoms with Crippen molar-refractivity contribution in [2.24, 2.45) is 0 Å². The van der Waals surface area contributed by atoms with Crippen LogP contribution < -0.4 is 0 Å². The van der Waals surface area contributed by atoms with Gasteiger partial charge in [-0.1, -0.05) is 32.6 Å². The molecular formula is C9H14O. The second-order valence-corrected chi connectivity index (χ2v) is 2.14. The minimum absolute atomic E-state index is 0.431. The summed E-state index contributed by atoms with van der Waals surface area (Å²) in [6.45, 7) is 9.00. The van der Waals surface area contributed by atoms with Gasteiger partial charge in [0, 0.05) is 5.57 Å². The third-order valence-corrected chi connectivity index (χ3v) is 1.35. The molecule has 56 valence electrons. The summed E-state index contributed by atoms with van der Waals surface area (Å²) < 4.78 is 0. The molecule has 0 aliphatic carbocycles. The third kappa shape index (κ3) is 2.67. The van der Waals surface area contributed by atoms with Crippen LogP contribution in [-0.4, -0.2) is 11.2 Å². The Bertz CT molecular complexity index is 152. The minimum atomic E-state index is -0.431. The predicted molar refractivity (Wildman–Crippen MR) is 43.8 cm³/mol. The highest BCUT2D eigenvalue weighted by Crippen LogP contribution is 2.07. The minimum Gasteiger partial charge on any atom is -0.388 e. The standard InChI is InChI=1S/C9H14O/c1-4-7-9(10)8(5-2)6-3/h5,9-10H,2-4,7H2,1H3. The van der Waals surface area contributed by atoms with Gasteiger partial charge in [-0.2, -0.15) is 0 Å². The van der Waals surface area contributed by atoms with Crippen LogP contribution in [0.5, 0.6) is 0 Å². The van der Waals surface area contributed by atoms with E-state index in [4.69, 9.17) is 0 Å². The molecule has 1 nitrogen and oxygen atoms in total. The first-order chi connectivity index (χ1) is 4.76.